The molecule has 1 spiro atoms. The number of carbonyl (C=O) groups is 1. The van der Waals surface area contributed by atoms with Crippen LogP contribution in [0.3, 0.4) is 0 Å². The summed E-state index contributed by atoms with van der Waals surface area (Å²) in [7, 11) is 1.65. The van der Waals surface area contributed by atoms with Gasteiger partial charge in [-0.3, -0.25) is 4.79 Å². The van der Waals surface area contributed by atoms with E-state index in [1.807, 2.05) is 12.1 Å². The molecule has 0 saturated heterocycles. The van der Waals surface area contributed by atoms with E-state index in [4.69, 9.17) is 4.74 Å². The molecule has 3 nitrogen and oxygen atoms in total. The number of carboxylic acids is 1. The highest BCUT2D eigenvalue weighted by molar-refractivity contribution is 5.81. The summed E-state index contributed by atoms with van der Waals surface area (Å²) in [6, 6.07) is 6.08. The van der Waals surface area contributed by atoms with Crippen molar-refractivity contribution in [1.29, 1.82) is 0 Å². The molecule has 1 N–H and O–H groups in total. The predicted octanol–water partition coefficient (Wildman–Crippen LogP) is 2.62. The van der Waals surface area contributed by atoms with Crippen molar-refractivity contribution < 1.29 is 14.6 Å². The molecule has 0 aromatic heterocycles. The molecule has 0 bridgehead atoms. The lowest BCUT2D eigenvalue weighted by molar-refractivity contribution is -0.139. The third kappa shape index (κ3) is 1.12. The minimum Gasteiger partial charge on any atom is -0.497 e. The van der Waals surface area contributed by atoms with Crippen molar-refractivity contribution in [3.05, 3.63) is 29.3 Å². The van der Waals surface area contributed by atoms with Crippen LogP contribution < -0.4 is 4.74 Å². The van der Waals surface area contributed by atoms with Crippen LogP contribution in [0.25, 0.3) is 0 Å². The van der Waals surface area contributed by atoms with E-state index < -0.39 is 5.97 Å². The minimum atomic E-state index is -0.671. The number of ether oxygens (including phenoxy) is 1. The number of benzene rings is 1. The fourth-order valence-corrected chi connectivity index (χ4v) is 4.12. The highest BCUT2D eigenvalue weighted by Gasteiger charge is 2.76. The van der Waals surface area contributed by atoms with E-state index in [2.05, 4.69) is 19.9 Å². The highest BCUT2D eigenvalue weighted by atomic mass is 16.5. The van der Waals surface area contributed by atoms with Crippen LogP contribution in [0.2, 0.25) is 0 Å². The molecule has 96 valence electrons. The zero-order valence-corrected chi connectivity index (χ0v) is 11.0. The van der Waals surface area contributed by atoms with Crippen molar-refractivity contribution in [2.75, 3.05) is 7.11 Å². The quantitative estimate of drug-likeness (QED) is 0.872. The van der Waals surface area contributed by atoms with Crippen LogP contribution in [0.4, 0.5) is 0 Å². The van der Waals surface area contributed by atoms with E-state index in [1.165, 1.54) is 11.1 Å². The van der Waals surface area contributed by atoms with Crippen LogP contribution in [0.1, 0.15) is 31.4 Å². The first-order valence-corrected chi connectivity index (χ1v) is 6.35. The van der Waals surface area contributed by atoms with Gasteiger partial charge < -0.3 is 9.84 Å². The maximum Gasteiger partial charge on any atom is 0.308 e. The summed E-state index contributed by atoms with van der Waals surface area (Å²) in [6.07, 6.45) is 1.92. The molecule has 0 radical (unpaired) electrons. The zero-order chi connectivity index (χ0) is 13.1. The van der Waals surface area contributed by atoms with Gasteiger partial charge in [0.2, 0.25) is 0 Å². The first-order chi connectivity index (χ1) is 8.45. The molecule has 1 aromatic rings. The molecule has 0 heterocycles. The van der Waals surface area contributed by atoms with Crippen molar-refractivity contribution in [1.82, 2.24) is 0 Å². The molecule has 3 heteroatoms. The number of rotatable bonds is 2. The SMILES string of the molecule is COc1ccc2c(c1)C1(CC2)C(C(=O)O)C1(C)C. The van der Waals surface area contributed by atoms with E-state index in [9.17, 15) is 9.90 Å². The lowest BCUT2D eigenvalue weighted by Gasteiger charge is -2.15. The minimum absolute atomic E-state index is 0.156. The van der Waals surface area contributed by atoms with E-state index in [0.717, 1.165) is 18.6 Å². The van der Waals surface area contributed by atoms with E-state index >= 15 is 0 Å². The van der Waals surface area contributed by atoms with Crippen LogP contribution >= 0.6 is 0 Å². The van der Waals surface area contributed by atoms with Gasteiger partial charge in [-0.05, 0) is 41.5 Å². The van der Waals surface area contributed by atoms with Crippen LogP contribution in [0.15, 0.2) is 18.2 Å². The van der Waals surface area contributed by atoms with Crippen LogP contribution in [0.5, 0.6) is 5.75 Å². The Bertz CT molecular complexity index is 533. The molecule has 0 amide bonds. The summed E-state index contributed by atoms with van der Waals surface area (Å²) >= 11 is 0. The molecular weight excluding hydrogens is 228 g/mol. The predicted molar refractivity (Wildman–Crippen MR) is 67.9 cm³/mol. The van der Waals surface area contributed by atoms with Gasteiger partial charge in [0.25, 0.3) is 0 Å². The van der Waals surface area contributed by atoms with Gasteiger partial charge in [-0.1, -0.05) is 19.9 Å². The summed E-state index contributed by atoms with van der Waals surface area (Å²) in [5.41, 5.74) is 2.14. The fraction of sp³-hybridized carbons (Fsp3) is 0.533. The Kier molecular flexibility index (Phi) is 2.11. The summed E-state index contributed by atoms with van der Waals surface area (Å²) in [5.74, 6) is -0.115. The molecule has 3 rings (SSSR count). The van der Waals surface area contributed by atoms with Gasteiger partial charge in [0.1, 0.15) is 5.75 Å². The average Bonchev–Trinajstić information content (AvgIpc) is 2.64. The van der Waals surface area contributed by atoms with Crippen LogP contribution in [-0.2, 0) is 16.6 Å². The standard InChI is InChI=1S/C15H18O3/c1-14(2)12(13(16)17)15(14)7-6-9-4-5-10(18-3)8-11(9)15/h4-5,8,12H,6-7H2,1-3H3,(H,16,17). The van der Waals surface area contributed by atoms with Gasteiger partial charge in [0.05, 0.1) is 13.0 Å². The molecule has 2 atom stereocenters. The molecular formula is C15H18O3. The number of hydrogen-bond donors (Lipinski definition) is 1. The topological polar surface area (TPSA) is 46.5 Å². The summed E-state index contributed by atoms with van der Waals surface area (Å²) in [6.45, 7) is 4.14. The second-order valence-corrected chi connectivity index (χ2v) is 5.99. The molecule has 0 aliphatic heterocycles. The third-order valence-corrected chi connectivity index (χ3v) is 5.11. The van der Waals surface area contributed by atoms with Crippen LogP contribution in [-0.4, -0.2) is 18.2 Å². The summed E-state index contributed by atoms with van der Waals surface area (Å²) in [4.78, 5) is 11.5. The second kappa shape index (κ2) is 3.28. The third-order valence-electron chi connectivity index (χ3n) is 5.11. The Morgan fingerprint density at radius 1 is 1.44 bits per heavy atom. The lowest BCUT2D eigenvalue weighted by Crippen LogP contribution is -2.12. The van der Waals surface area contributed by atoms with Crippen molar-refractivity contribution in [2.24, 2.45) is 11.3 Å². The molecule has 2 aliphatic carbocycles. The van der Waals surface area contributed by atoms with Crippen molar-refractivity contribution in [3.8, 4) is 5.75 Å². The number of aliphatic carboxylic acids is 1. The second-order valence-electron chi connectivity index (χ2n) is 5.99. The van der Waals surface area contributed by atoms with Gasteiger partial charge in [0, 0.05) is 5.41 Å². The van der Waals surface area contributed by atoms with Crippen molar-refractivity contribution >= 4 is 5.97 Å². The lowest BCUT2D eigenvalue weighted by atomic mass is 9.89. The number of aryl methyl sites for hydroxylation is 1. The molecule has 2 unspecified atom stereocenters. The van der Waals surface area contributed by atoms with E-state index in [-0.39, 0.29) is 16.7 Å². The van der Waals surface area contributed by atoms with Crippen molar-refractivity contribution in [3.63, 3.8) is 0 Å². The first-order valence-electron chi connectivity index (χ1n) is 6.35. The average molecular weight is 246 g/mol. The smallest absolute Gasteiger partial charge is 0.308 e. The van der Waals surface area contributed by atoms with Crippen molar-refractivity contribution in [2.45, 2.75) is 32.1 Å². The summed E-state index contributed by atoms with van der Waals surface area (Å²) in [5, 5.41) is 9.44. The first kappa shape index (κ1) is 11.6. The Morgan fingerprint density at radius 3 is 2.72 bits per heavy atom. The van der Waals surface area contributed by atoms with E-state index in [1.54, 1.807) is 7.11 Å². The monoisotopic (exact) mass is 246 g/mol. The van der Waals surface area contributed by atoms with E-state index in [0.29, 0.717) is 0 Å². The number of methoxy groups -OCH3 is 1. The normalized spacial score (nSPS) is 31.2. The molecule has 1 aromatic carbocycles. The molecule has 1 saturated carbocycles. The number of fused-ring (bicyclic) bond motifs is 2. The Labute approximate surface area is 107 Å². The number of carboxylic acid groups (broad SMARTS) is 1. The zero-order valence-electron chi connectivity index (χ0n) is 11.0. The summed E-state index contributed by atoms with van der Waals surface area (Å²) < 4.78 is 5.28. The number of hydrogen-bond acceptors (Lipinski definition) is 2. The largest absolute Gasteiger partial charge is 0.497 e. The fourth-order valence-electron chi connectivity index (χ4n) is 4.12. The molecule has 2 aliphatic rings. The Balaban J connectivity index is 2.13. The maximum absolute atomic E-state index is 11.5. The van der Waals surface area contributed by atoms with Gasteiger partial charge >= 0.3 is 5.97 Å². The Morgan fingerprint density at radius 2 is 2.17 bits per heavy atom. The highest BCUT2D eigenvalue weighted by Crippen LogP contribution is 2.74. The van der Waals surface area contributed by atoms with Gasteiger partial charge in [0.15, 0.2) is 0 Å². The van der Waals surface area contributed by atoms with Crippen LogP contribution in [0, 0.1) is 11.3 Å². The molecule has 18 heavy (non-hydrogen) atoms. The Hall–Kier alpha value is -1.51. The van der Waals surface area contributed by atoms with Gasteiger partial charge in [-0.2, -0.15) is 0 Å². The molecule has 1 fully saturated rings. The van der Waals surface area contributed by atoms with Gasteiger partial charge in [-0.25, -0.2) is 0 Å². The van der Waals surface area contributed by atoms with Gasteiger partial charge in [-0.15, -0.1) is 0 Å². The maximum atomic E-state index is 11.5.